The zero-order valence-electron chi connectivity index (χ0n) is 39.4. The molecule has 4 aromatic rings. The van der Waals surface area contributed by atoms with Crippen LogP contribution in [0, 0.1) is 35.5 Å². The number of nitrogens with zero attached hydrogens (tertiary/aromatic N) is 3. The van der Waals surface area contributed by atoms with E-state index in [-0.39, 0.29) is 116 Å². The normalized spacial score (nSPS) is 18.5. The highest BCUT2D eigenvalue weighted by Gasteiger charge is 2.57. The quantitative estimate of drug-likeness (QED) is 0.0708. The van der Waals surface area contributed by atoms with E-state index in [4.69, 9.17) is 28.7 Å². The van der Waals surface area contributed by atoms with Crippen LogP contribution in [-0.4, -0.2) is 129 Å². The van der Waals surface area contributed by atoms with E-state index in [2.05, 4.69) is 51.5 Å². The van der Waals surface area contributed by atoms with Crippen LogP contribution in [0.2, 0.25) is 0 Å². The Hall–Kier alpha value is -8.11. The van der Waals surface area contributed by atoms with Crippen molar-refractivity contribution in [2.24, 2.45) is 4.99 Å². The van der Waals surface area contributed by atoms with Gasteiger partial charge in [0.15, 0.2) is 11.6 Å². The van der Waals surface area contributed by atoms with E-state index in [1.165, 1.54) is 4.90 Å². The molecule has 72 heavy (non-hydrogen) atoms. The van der Waals surface area contributed by atoms with Crippen LogP contribution in [0.1, 0.15) is 57.1 Å². The third kappa shape index (κ3) is 12.6. The molecule has 8 rings (SSSR count). The molecule has 6 amide bonds. The molecule has 3 N–H and O–H groups in total. The second-order valence-electron chi connectivity index (χ2n) is 17.0. The van der Waals surface area contributed by atoms with E-state index in [1.54, 1.807) is 23.1 Å². The number of fused-ring (bicyclic) bond motifs is 4. The molecule has 0 saturated carbocycles. The van der Waals surface area contributed by atoms with Crippen molar-refractivity contribution in [1.82, 2.24) is 20.4 Å². The molecule has 4 aromatic carbocycles. The summed E-state index contributed by atoms with van der Waals surface area (Å²) in [6, 6.07) is 31.3. The lowest BCUT2D eigenvalue weighted by Crippen LogP contribution is -2.52. The van der Waals surface area contributed by atoms with E-state index in [1.807, 2.05) is 84.9 Å². The van der Waals surface area contributed by atoms with E-state index >= 15 is 0 Å². The fourth-order valence-corrected chi connectivity index (χ4v) is 8.73. The number of hydrogen-bond donors (Lipinski definition) is 3. The van der Waals surface area contributed by atoms with Crippen molar-refractivity contribution in [3.05, 3.63) is 137 Å². The maximum atomic E-state index is 14.8. The van der Waals surface area contributed by atoms with Crippen LogP contribution in [0.5, 0.6) is 0 Å². The smallest absolute Gasteiger partial charge is 0.256 e. The Labute approximate surface area is 416 Å². The lowest BCUT2D eigenvalue weighted by molar-refractivity contribution is -0.143. The van der Waals surface area contributed by atoms with Crippen LogP contribution in [-0.2, 0) is 67.2 Å². The first-order chi connectivity index (χ1) is 35.2. The number of carbonyl (C=O) groups is 6. The molecule has 0 aromatic heterocycles. The average molecular weight is 973 g/mol. The first kappa shape index (κ1) is 50.3. The Kier molecular flexibility index (Phi) is 17.2. The molecular formula is C55H52N6O11. The van der Waals surface area contributed by atoms with Crippen molar-refractivity contribution < 1.29 is 52.5 Å². The molecule has 17 nitrogen and oxygen atoms in total. The predicted octanol–water partition coefficient (Wildman–Crippen LogP) is 3.12. The lowest BCUT2D eigenvalue weighted by atomic mass is 9.81. The van der Waals surface area contributed by atoms with E-state index in [9.17, 15) is 28.8 Å². The number of carbonyl (C=O) groups excluding carboxylic acids is 6. The highest BCUT2D eigenvalue weighted by molar-refractivity contribution is 6.07. The number of rotatable bonds is 19. The fraction of sp³-hybridized carbons (Fsp3) is 0.327. The summed E-state index contributed by atoms with van der Waals surface area (Å²) in [4.78, 5) is 85.7. The zero-order chi connectivity index (χ0) is 50.1. The summed E-state index contributed by atoms with van der Waals surface area (Å²) < 4.78 is 28.4. The Bertz CT molecular complexity index is 2890. The van der Waals surface area contributed by atoms with Crippen LogP contribution < -0.4 is 16.0 Å². The van der Waals surface area contributed by atoms with E-state index < -0.39 is 29.5 Å². The molecule has 1 saturated heterocycles. The number of amides is 6. The first-order valence-corrected chi connectivity index (χ1v) is 23.5. The summed E-state index contributed by atoms with van der Waals surface area (Å²) in [7, 11) is 0. The third-order valence-electron chi connectivity index (χ3n) is 12.1. The van der Waals surface area contributed by atoms with Crippen LogP contribution in [0.3, 0.4) is 0 Å². The molecule has 17 heteroatoms. The SMILES string of the molecule is O=C(CN1Cc2ccccc2[C@@H]2OC(c3ccccc3)=N[C@]2(Cc2ccccc2)C1=O)NCCOCCOCC#CC#CCOCC#CCOCC(=O)Nc1cccc2c1CN(C1CCC(=O)NC1=O)C2=O. The van der Waals surface area contributed by atoms with Gasteiger partial charge in [-0.3, -0.25) is 34.1 Å². The maximum absolute atomic E-state index is 14.8. The Morgan fingerprint density at radius 1 is 0.750 bits per heavy atom. The van der Waals surface area contributed by atoms with Gasteiger partial charge in [-0.25, -0.2) is 4.99 Å². The minimum absolute atomic E-state index is 0.0102. The number of benzene rings is 4. The molecule has 4 heterocycles. The van der Waals surface area contributed by atoms with Crippen LogP contribution >= 0.6 is 0 Å². The minimum Gasteiger partial charge on any atom is -0.466 e. The molecule has 0 aliphatic carbocycles. The Morgan fingerprint density at radius 3 is 2.25 bits per heavy atom. The number of piperidine rings is 1. The van der Waals surface area contributed by atoms with Crippen molar-refractivity contribution in [2.45, 2.75) is 50.0 Å². The van der Waals surface area contributed by atoms with Crippen LogP contribution in [0.25, 0.3) is 0 Å². The van der Waals surface area contributed by atoms with Gasteiger partial charge in [0.1, 0.15) is 39.1 Å². The molecule has 4 aliphatic heterocycles. The molecule has 0 bridgehead atoms. The van der Waals surface area contributed by atoms with Gasteiger partial charge in [-0.1, -0.05) is 103 Å². The summed E-state index contributed by atoms with van der Waals surface area (Å²) in [6.07, 6.45) is -0.00271. The number of hydrogen-bond acceptors (Lipinski definition) is 12. The third-order valence-corrected chi connectivity index (χ3v) is 12.1. The van der Waals surface area contributed by atoms with Gasteiger partial charge >= 0.3 is 0 Å². The van der Waals surface area contributed by atoms with Gasteiger partial charge in [0.2, 0.25) is 29.5 Å². The Balaban J connectivity index is 0.679. The summed E-state index contributed by atoms with van der Waals surface area (Å²) in [5, 5.41) is 7.91. The molecule has 3 atom stereocenters. The van der Waals surface area contributed by atoms with E-state index in [0.29, 0.717) is 29.1 Å². The second-order valence-corrected chi connectivity index (χ2v) is 17.0. The molecule has 0 radical (unpaired) electrons. The van der Waals surface area contributed by atoms with Gasteiger partial charge in [-0.15, -0.1) is 0 Å². The van der Waals surface area contributed by atoms with Gasteiger partial charge in [-0.05, 0) is 53.7 Å². The predicted molar refractivity (Wildman–Crippen MR) is 262 cm³/mol. The van der Waals surface area contributed by atoms with Crippen molar-refractivity contribution in [3.8, 4) is 35.5 Å². The minimum atomic E-state index is -1.33. The largest absolute Gasteiger partial charge is 0.466 e. The van der Waals surface area contributed by atoms with Crippen molar-refractivity contribution in [2.75, 3.05) is 71.3 Å². The maximum Gasteiger partial charge on any atom is 0.256 e. The number of nitrogens with one attached hydrogen (secondary N) is 3. The van der Waals surface area contributed by atoms with Gasteiger partial charge in [0, 0.05) is 60.4 Å². The van der Waals surface area contributed by atoms with Gasteiger partial charge in [0.25, 0.3) is 11.8 Å². The van der Waals surface area contributed by atoms with Crippen molar-refractivity contribution in [3.63, 3.8) is 0 Å². The topological polar surface area (TPSA) is 204 Å². The highest BCUT2D eigenvalue weighted by atomic mass is 16.5. The molecular weight excluding hydrogens is 921 g/mol. The summed E-state index contributed by atoms with van der Waals surface area (Å²) in [5.74, 6) is 14.6. The second kappa shape index (κ2) is 24.6. The summed E-state index contributed by atoms with van der Waals surface area (Å²) >= 11 is 0. The first-order valence-electron chi connectivity index (χ1n) is 23.5. The van der Waals surface area contributed by atoms with Crippen LogP contribution in [0.15, 0.2) is 108 Å². The summed E-state index contributed by atoms with van der Waals surface area (Å²) in [6.45, 7) is 1.34. The fourth-order valence-electron chi connectivity index (χ4n) is 8.73. The number of ether oxygens (including phenoxy) is 5. The number of aliphatic imine (C=N–C) groups is 1. The Morgan fingerprint density at radius 2 is 1.46 bits per heavy atom. The van der Waals surface area contributed by atoms with E-state index in [0.717, 1.165) is 22.3 Å². The number of anilines is 1. The number of imide groups is 1. The zero-order valence-corrected chi connectivity index (χ0v) is 39.4. The van der Waals surface area contributed by atoms with Crippen molar-refractivity contribution in [1.29, 1.82) is 0 Å². The monoisotopic (exact) mass is 972 g/mol. The lowest BCUT2D eigenvalue weighted by Gasteiger charge is -2.32. The van der Waals surface area contributed by atoms with Gasteiger partial charge < -0.3 is 44.1 Å². The van der Waals surface area contributed by atoms with Crippen LogP contribution in [0.4, 0.5) is 5.69 Å². The molecule has 368 valence electrons. The molecule has 0 spiro atoms. The molecule has 1 fully saturated rings. The average Bonchev–Trinajstić information content (AvgIpc) is 3.92. The van der Waals surface area contributed by atoms with Gasteiger partial charge in [0.05, 0.1) is 26.4 Å². The molecule has 4 aliphatic rings. The molecule has 1 unspecified atom stereocenters. The summed E-state index contributed by atoms with van der Waals surface area (Å²) in [5.41, 5.74) is 3.55. The van der Waals surface area contributed by atoms with Crippen molar-refractivity contribution >= 4 is 47.0 Å². The van der Waals surface area contributed by atoms with Gasteiger partial charge in [-0.2, -0.15) is 0 Å². The highest BCUT2D eigenvalue weighted by Crippen LogP contribution is 2.46. The standard InChI is InChI=1S/C55H52N6O11/c62-47-25-24-46(51(65)58-47)61-36-44-43(53(61)66)22-15-23-45(44)57-49(64)38-71-30-14-13-29-68-27-11-1-2-12-28-69-32-33-70-31-26-56-48(63)37-60-35-41-20-9-10-21-42(41)50-55(54(60)67,34-39-16-5-3-6-17-39)59-52(72-50)40-18-7-4-8-19-40/h3-10,15-23,46,50H,24-38H2,(H,56,63)(H,57,64)(H,58,62,65)/t46?,50-,55-/m0/s1.